The fourth-order valence-corrected chi connectivity index (χ4v) is 2.90. The molecule has 110 valence electrons. The highest BCUT2D eigenvalue weighted by Gasteiger charge is 2.24. The number of hydrogen-bond acceptors (Lipinski definition) is 6. The Morgan fingerprint density at radius 3 is 3.14 bits per heavy atom. The average Bonchev–Trinajstić information content (AvgIpc) is 3.28. The molecule has 1 aromatic carbocycles. The number of fused-ring (bicyclic) bond motifs is 2. The van der Waals surface area contributed by atoms with E-state index in [1.807, 2.05) is 12.1 Å². The Balaban J connectivity index is 1.54. The number of furan rings is 1. The summed E-state index contributed by atoms with van der Waals surface area (Å²) in [4.78, 5) is 4.49. The monoisotopic (exact) mass is 296 g/mol. The van der Waals surface area contributed by atoms with Gasteiger partial charge >= 0.3 is 0 Å². The van der Waals surface area contributed by atoms with Gasteiger partial charge in [-0.1, -0.05) is 5.16 Å². The van der Waals surface area contributed by atoms with E-state index >= 15 is 0 Å². The summed E-state index contributed by atoms with van der Waals surface area (Å²) in [6, 6.07) is 5.96. The lowest BCUT2D eigenvalue weighted by Gasteiger charge is -1.99. The van der Waals surface area contributed by atoms with Gasteiger partial charge in [0.2, 0.25) is 5.82 Å². The quantitative estimate of drug-likeness (QED) is 0.724. The average molecular weight is 296 g/mol. The van der Waals surface area contributed by atoms with E-state index in [-0.39, 0.29) is 0 Å². The smallest absolute Gasteiger partial charge is 0.261 e. The summed E-state index contributed by atoms with van der Waals surface area (Å²) in [7, 11) is 0. The maximum absolute atomic E-state index is 5.51. The van der Waals surface area contributed by atoms with Gasteiger partial charge in [0, 0.05) is 17.5 Å². The molecule has 0 unspecified atom stereocenters. The van der Waals surface area contributed by atoms with Crippen LogP contribution in [0.2, 0.25) is 0 Å². The zero-order valence-corrected chi connectivity index (χ0v) is 11.7. The van der Waals surface area contributed by atoms with Crippen molar-refractivity contribution >= 4 is 0 Å². The molecule has 3 aromatic rings. The Hall–Kier alpha value is -2.60. The van der Waals surface area contributed by atoms with Crippen LogP contribution in [0.25, 0.3) is 22.8 Å². The van der Waals surface area contributed by atoms with Gasteiger partial charge in [0.25, 0.3) is 5.89 Å². The van der Waals surface area contributed by atoms with E-state index in [1.165, 1.54) is 5.56 Å². The van der Waals surface area contributed by atoms with E-state index in [0.29, 0.717) is 24.9 Å². The zero-order valence-electron chi connectivity index (χ0n) is 11.7. The van der Waals surface area contributed by atoms with Crippen LogP contribution in [-0.2, 0) is 24.4 Å². The molecule has 0 saturated heterocycles. The van der Waals surface area contributed by atoms with Gasteiger partial charge in [-0.15, -0.1) is 0 Å². The highest BCUT2D eigenvalue weighted by molar-refractivity contribution is 5.64. The molecule has 0 atom stereocenters. The van der Waals surface area contributed by atoms with Crippen LogP contribution in [0.15, 0.2) is 33.4 Å². The minimum Gasteiger partial charge on any atom is -0.493 e. The minimum absolute atomic E-state index is 0.460. The molecule has 2 aliphatic rings. The lowest BCUT2D eigenvalue weighted by molar-refractivity contribution is 0.124. The van der Waals surface area contributed by atoms with Gasteiger partial charge < -0.3 is 18.4 Å². The summed E-state index contributed by atoms with van der Waals surface area (Å²) >= 11 is 0. The first-order chi connectivity index (χ1) is 10.9. The second-order valence-corrected chi connectivity index (χ2v) is 5.39. The van der Waals surface area contributed by atoms with Crippen molar-refractivity contribution in [1.29, 1.82) is 0 Å². The Labute approximate surface area is 125 Å². The van der Waals surface area contributed by atoms with Crippen molar-refractivity contribution in [1.82, 2.24) is 10.1 Å². The molecule has 0 amide bonds. The van der Waals surface area contributed by atoms with E-state index in [0.717, 1.165) is 41.2 Å². The molecule has 0 saturated carbocycles. The highest BCUT2D eigenvalue weighted by Crippen LogP contribution is 2.34. The van der Waals surface area contributed by atoms with Crippen molar-refractivity contribution in [3.05, 3.63) is 41.3 Å². The first kappa shape index (κ1) is 12.0. The number of nitrogens with zero attached hydrogens (tertiary/aromatic N) is 2. The molecule has 0 radical (unpaired) electrons. The molecule has 6 heteroatoms. The van der Waals surface area contributed by atoms with Crippen LogP contribution >= 0.6 is 0 Å². The summed E-state index contributed by atoms with van der Waals surface area (Å²) < 4.78 is 21.7. The summed E-state index contributed by atoms with van der Waals surface area (Å²) in [6.07, 6.45) is 2.57. The molecule has 0 aliphatic carbocycles. The third kappa shape index (κ3) is 1.70. The van der Waals surface area contributed by atoms with Crippen LogP contribution < -0.4 is 4.74 Å². The largest absolute Gasteiger partial charge is 0.493 e. The molecule has 22 heavy (non-hydrogen) atoms. The van der Waals surface area contributed by atoms with Gasteiger partial charge in [0.05, 0.1) is 18.8 Å². The summed E-state index contributed by atoms with van der Waals surface area (Å²) in [5.74, 6) is 2.81. The van der Waals surface area contributed by atoms with Gasteiger partial charge in [0.1, 0.15) is 24.4 Å². The molecule has 2 aromatic heterocycles. The Morgan fingerprint density at radius 1 is 1.14 bits per heavy atom. The third-order valence-corrected chi connectivity index (χ3v) is 4.06. The van der Waals surface area contributed by atoms with E-state index in [4.69, 9.17) is 18.4 Å². The van der Waals surface area contributed by atoms with Crippen molar-refractivity contribution in [3.8, 4) is 28.6 Å². The first-order valence-corrected chi connectivity index (χ1v) is 7.15. The molecule has 0 bridgehead atoms. The molecule has 5 rings (SSSR count). The van der Waals surface area contributed by atoms with Crippen molar-refractivity contribution in [3.63, 3.8) is 0 Å². The number of benzene rings is 1. The predicted molar refractivity (Wildman–Crippen MR) is 75.1 cm³/mol. The molecule has 2 aliphatic heterocycles. The van der Waals surface area contributed by atoms with Gasteiger partial charge in [0.15, 0.2) is 0 Å². The van der Waals surface area contributed by atoms with Gasteiger partial charge in [-0.25, -0.2) is 0 Å². The maximum atomic E-state index is 5.51. The van der Waals surface area contributed by atoms with Crippen molar-refractivity contribution in [2.24, 2.45) is 0 Å². The SMILES string of the molecule is c1cc2c(cc1-c1noc(-c3coc4c3COC4)n1)CCO2. The summed E-state index contributed by atoms with van der Waals surface area (Å²) in [5.41, 5.74) is 3.92. The summed E-state index contributed by atoms with van der Waals surface area (Å²) in [5, 5.41) is 4.08. The van der Waals surface area contributed by atoms with Crippen LogP contribution in [0, 0.1) is 0 Å². The lowest BCUT2D eigenvalue weighted by Crippen LogP contribution is -1.85. The van der Waals surface area contributed by atoms with E-state index in [2.05, 4.69) is 16.2 Å². The Kier molecular flexibility index (Phi) is 2.42. The van der Waals surface area contributed by atoms with Crippen LogP contribution in [0.3, 0.4) is 0 Å². The molecule has 0 N–H and O–H groups in total. The number of hydrogen-bond donors (Lipinski definition) is 0. The second-order valence-electron chi connectivity index (χ2n) is 5.39. The lowest BCUT2D eigenvalue weighted by atomic mass is 10.1. The van der Waals surface area contributed by atoms with Crippen LogP contribution in [0.1, 0.15) is 16.9 Å². The van der Waals surface area contributed by atoms with Crippen LogP contribution in [0.4, 0.5) is 0 Å². The molecular weight excluding hydrogens is 284 g/mol. The fraction of sp³-hybridized carbons (Fsp3) is 0.250. The molecule has 0 spiro atoms. The second kappa shape index (κ2) is 4.45. The van der Waals surface area contributed by atoms with Gasteiger partial charge in [-0.05, 0) is 23.8 Å². The summed E-state index contributed by atoms with van der Waals surface area (Å²) in [6.45, 7) is 1.76. The Bertz CT molecular complexity index is 865. The number of aromatic nitrogens is 2. The van der Waals surface area contributed by atoms with E-state index in [9.17, 15) is 0 Å². The third-order valence-electron chi connectivity index (χ3n) is 4.06. The normalized spacial score (nSPS) is 15.6. The molecular formula is C16H12N2O4. The topological polar surface area (TPSA) is 70.5 Å². The molecule has 4 heterocycles. The van der Waals surface area contributed by atoms with Crippen molar-refractivity contribution in [2.75, 3.05) is 6.61 Å². The number of ether oxygens (including phenoxy) is 2. The highest BCUT2D eigenvalue weighted by atomic mass is 16.5. The fourth-order valence-electron chi connectivity index (χ4n) is 2.90. The van der Waals surface area contributed by atoms with E-state index in [1.54, 1.807) is 6.26 Å². The van der Waals surface area contributed by atoms with Crippen molar-refractivity contribution < 1.29 is 18.4 Å². The van der Waals surface area contributed by atoms with Gasteiger partial charge in [-0.2, -0.15) is 4.98 Å². The maximum Gasteiger partial charge on any atom is 0.261 e. The molecule has 6 nitrogen and oxygen atoms in total. The standard InChI is InChI=1S/C16H12N2O4/c1-2-13-9(3-4-20-13)5-10(1)15-17-16(22-18-15)12-7-21-14-8-19-6-11(12)14/h1-2,5,7H,3-4,6,8H2. The minimum atomic E-state index is 0.460. The predicted octanol–water partition coefficient (Wildman–Crippen LogP) is 2.96. The van der Waals surface area contributed by atoms with Crippen LogP contribution in [-0.4, -0.2) is 16.7 Å². The molecule has 0 fully saturated rings. The van der Waals surface area contributed by atoms with Gasteiger partial charge in [-0.3, -0.25) is 0 Å². The van der Waals surface area contributed by atoms with Crippen LogP contribution in [0.5, 0.6) is 5.75 Å². The van der Waals surface area contributed by atoms with E-state index < -0.39 is 0 Å². The Morgan fingerprint density at radius 2 is 2.14 bits per heavy atom. The zero-order chi connectivity index (χ0) is 14.5. The number of rotatable bonds is 2. The first-order valence-electron chi connectivity index (χ1n) is 7.15. The van der Waals surface area contributed by atoms with Crippen molar-refractivity contribution in [2.45, 2.75) is 19.6 Å².